The number of ether oxygens (including phenoxy) is 1. The topological polar surface area (TPSA) is 27.7 Å². The van der Waals surface area contributed by atoms with Crippen LogP contribution in [0.5, 0.6) is 0 Å². The van der Waals surface area contributed by atoms with Crippen molar-refractivity contribution >= 4 is 16.6 Å². The molecule has 0 bridgehead atoms. The summed E-state index contributed by atoms with van der Waals surface area (Å²) >= 11 is 0. The summed E-state index contributed by atoms with van der Waals surface area (Å²) in [4.78, 5) is 0. The minimum atomic E-state index is -1.79. The molecule has 0 aliphatic heterocycles. The van der Waals surface area contributed by atoms with Crippen LogP contribution in [-0.2, 0) is 13.6 Å². The largest absolute Gasteiger partial charge is 0.505 e. The Morgan fingerprint density at radius 1 is 1.08 bits per heavy atom. The van der Waals surface area contributed by atoms with Crippen molar-refractivity contribution in [2.75, 3.05) is 13.7 Å². The first-order valence-corrected chi connectivity index (χ1v) is 15.3. The number of hydrogen-bond acceptors (Lipinski definition) is 3. The molecule has 0 spiro atoms. The molecule has 0 fully saturated rings. The molecule has 0 amide bonds. The summed E-state index contributed by atoms with van der Waals surface area (Å²) in [6.07, 6.45) is 8.12. The van der Waals surface area contributed by atoms with E-state index >= 15 is 0 Å². The lowest BCUT2D eigenvalue weighted by Gasteiger charge is -2.38. The lowest BCUT2D eigenvalue weighted by atomic mass is 10.1. The van der Waals surface area contributed by atoms with Crippen LogP contribution in [0, 0.1) is 0 Å². The van der Waals surface area contributed by atoms with Gasteiger partial charge in [-0.3, -0.25) is 0 Å². The van der Waals surface area contributed by atoms with Gasteiger partial charge in [0.05, 0.1) is 26.1 Å². The number of allylic oxidation sites excluding steroid dienone is 1. The summed E-state index contributed by atoms with van der Waals surface area (Å²) in [5, 5.41) is 0.212. The van der Waals surface area contributed by atoms with E-state index in [2.05, 4.69) is 72.6 Å². The van der Waals surface area contributed by atoms with E-state index in [1.165, 1.54) is 5.57 Å². The van der Waals surface area contributed by atoms with Crippen LogP contribution in [0.2, 0.25) is 37.8 Å². The normalized spacial score (nSPS) is 15.8. The van der Waals surface area contributed by atoms with Crippen molar-refractivity contribution in [3.63, 3.8) is 0 Å². The molecule has 0 aliphatic rings. The van der Waals surface area contributed by atoms with Crippen molar-refractivity contribution in [1.29, 1.82) is 0 Å². The Morgan fingerprint density at radius 2 is 1.67 bits per heavy atom. The molecule has 0 aliphatic carbocycles. The van der Waals surface area contributed by atoms with Crippen LogP contribution in [0.3, 0.4) is 0 Å². The molecule has 24 heavy (non-hydrogen) atoms. The Kier molecular flexibility index (Phi) is 9.80. The van der Waals surface area contributed by atoms with Gasteiger partial charge in [0.15, 0.2) is 16.6 Å². The highest BCUT2D eigenvalue weighted by Crippen LogP contribution is 2.38. The third kappa shape index (κ3) is 10.5. The fourth-order valence-corrected chi connectivity index (χ4v) is 3.81. The van der Waals surface area contributed by atoms with Gasteiger partial charge in [0.25, 0.3) is 0 Å². The van der Waals surface area contributed by atoms with E-state index in [9.17, 15) is 0 Å². The smallest absolute Gasteiger partial charge is 0.192 e. The molecule has 0 aromatic heterocycles. The zero-order valence-electron chi connectivity index (χ0n) is 17.7. The van der Waals surface area contributed by atoms with Crippen LogP contribution >= 0.6 is 0 Å². The zero-order chi connectivity index (χ0) is 19.0. The van der Waals surface area contributed by atoms with Gasteiger partial charge in [-0.2, -0.15) is 0 Å². The Bertz CT molecular complexity index is 415. The van der Waals surface area contributed by atoms with Gasteiger partial charge in [0.2, 0.25) is 0 Å². The average molecular weight is 373 g/mol. The van der Waals surface area contributed by atoms with Crippen molar-refractivity contribution in [3.8, 4) is 0 Å². The molecular formula is C19H40O3Si2. The summed E-state index contributed by atoms with van der Waals surface area (Å²) in [7, 11) is -1.60. The Balaban J connectivity index is 5.01. The van der Waals surface area contributed by atoms with Gasteiger partial charge >= 0.3 is 0 Å². The first-order valence-electron chi connectivity index (χ1n) is 8.95. The lowest BCUT2D eigenvalue weighted by Crippen LogP contribution is -2.43. The minimum Gasteiger partial charge on any atom is -0.505 e. The fraction of sp³-hybridized carbons (Fsp3) is 0.789. The second-order valence-corrected chi connectivity index (χ2v) is 18.3. The molecule has 0 saturated heterocycles. The third-order valence-corrected chi connectivity index (χ3v) is 9.82. The van der Waals surface area contributed by atoms with Crippen LogP contribution in [0.4, 0.5) is 0 Å². The van der Waals surface area contributed by atoms with Gasteiger partial charge in [-0.1, -0.05) is 32.4 Å². The number of methoxy groups -OCH3 is 1. The van der Waals surface area contributed by atoms with Crippen molar-refractivity contribution in [2.24, 2.45) is 0 Å². The maximum Gasteiger partial charge on any atom is 0.192 e. The Labute approximate surface area is 152 Å². The number of rotatable bonds is 10. The zero-order valence-corrected chi connectivity index (χ0v) is 19.7. The molecule has 1 atom stereocenters. The van der Waals surface area contributed by atoms with Crippen LogP contribution in [0.25, 0.3) is 0 Å². The highest BCUT2D eigenvalue weighted by molar-refractivity contribution is 6.74. The molecule has 0 rings (SSSR count). The standard InChI is InChI=1S/C19H40O3Si2/c1-17(16-21-23(6,7)8)15-18(13-11-12-14-20-5)22-24(9,10)19(2,3)4/h12,14-15,18H,11,13,16H2,1-10H3/b14-12-,17-15+. The molecular weight excluding hydrogens is 332 g/mol. The quantitative estimate of drug-likeness (QED) is 0.263. The molecule has 142 valence electrons. The molecule has 0 aromatic rings. The molecule has 0 radical (unpaired) electrons. The predicted molar refractivity (Wildman–Crippen MR) is 111 cm³/mol. The SMILES string of the molecule is CO/C=C\CCC(/C=C(\C)CO[Si](C)(C)C)O[Si](C)(C)C(C)(C)C. The summed E-state index contributed by atoms with van der Waals surface area (Å²) in [5.41, 5.74) is 1.26. The molecule has 3 nitrogen and oxygen atoms in total. The first kappa shape index (κ1) is 23.6. The van der Waals surface area contributed by atoms with Crippen LogP contribution in [-0.4, -0.2) is 36.5 Å². The van der Waals surface area contributed by atoms with Crippen molar-refractivity contribution in [3.05, 3.63) is 24.0 Å². The Hall–Kier alpha value is -0.366. The fourth-order valence-electron chi connectivity index (χ4n) is 1.85. The van der Waals surface area contributed by atoms with Crippen molar-refractivity contribution in [2.45, 2.75) is 84.4 Å². The minimum absolute atomic E-state index is 0.137. The van der Waals surface area contributed by atoms with E-state index in [-0.39, 0.29) is 11.1 Å². The third-order valence-electron chi connectivity index (χ3n) is 4.31. The second-order valence-electron chi connectivity index (χ2n) is 9.02. The van der Waals surface area contributed by atoms with Gasteiger partial charge in [-0.15, -0.1) is 0 Å². The first-order chi connectivity index (χ1) is 10.8. The van der Waals surface area contributed by atoms with Crippen molar-refractivity contribution < 1.29 is 13.6 Å². The van der Waals surface area contributed by atoms with Gasteiger partial charge < -0.3 is 13.6 Å². The van der Waals surface area contributed by atoms with Gasteiger partial charge in [-0.05, 0) is 63.6 Å². The summed E-state index contributed by atoms with van der Waals surface area (Å²) in [5.74, 6) is 0. The molecule has 1 unspecified atom stereocenters. The molecule has 5 heteroatoms. The van der Waals surface area contributed by atoms with Crippen LogP contribution in [0.1, 0.15) is 40.5 Å². The van der Waals surface area contributed by atoms with Crippen LogP contribution < -0.4 is 0 Å². The van der Waals surface area contributed by atoms with Crippen LogP contribution in [0.15, 0.2) is 24.0 Å². The van der Waals surface area contributed by atoms with E-state index in [1.807, 2.05) is 0 Å². The molecule has 0 N–H and O–H groups in total. The lowest BCUT2D eigenvalue weighted by molar-refractivity contribution is 0.213. The molecule has 0 heterocycles. The average Bonchev–Trinajstić information content (AvgIpc) is 2.39. The highest BCUT2D eigenvalue weighted by Gasteiger charge is 2.38. The molecule has 0 saturated carbocycles. The second kappa shape index (κ2) is 9.95. The monoisotopic (exact) mass is 372 g/mol. The van der Waals surface area contributed by atoms with E-state index in [0.717, 1.165) is 12.8 Å². The number of hydrogen-bond donors (Lipinski definition) is 0. The summed E-state index contributed by atoms with van der Waals surface area (Å²) < 4.78 is 17.6. The molecule has 0 aromatic carbocycles. The maximum absolute atomic E-state index is 6.63. The highest BCUT2D eigenvalue weighted by atomic mass is 28.4. The van der Waals surface area contributed by atoms with Gasteiger partial charge in [0, 0.05) is 0 Å². The maximum atomic E-state index is 6.63. The Morgan fingerprint density at radius 3 is 2.12 bits per heavy atom. The van der Waals surface area contributed by atoms with E-state index in [4.69, 9.17) is 13.6 Å². The summed E-state index contributed by atoms with van der Waals surface area (Å²) in [6.45, 7) is 21.0. The van der Waals surface area contributed by atoms with E-state index in [1.54, 1.807) is 13.4 Å². The van der Waals surface area contributed by atoms with Gasteiger partial charge in [0.1, 0.15) is 0 Å². The van der Waals surface area contributed by atoms with E-state index < -0.39 is 16.6 Å². The summed E-state index contributed by atoms with van der Waals surface area (Å²) in [6, 6.07) is 0. The van der Waals surface area contributed by atoms with Crippen molar-refractivity contribution in [1.82, 2.24) is 0 Å². The van der Waals surface area contributed by atoms with Gasteiger partial charge in [-0.25, -0.2) is 0 Å². The van der Waals surface area contributed by atoms with E-state index in [0.29, 0.717) is 6.61 Å². The predicted octanol–water partition coefficient (Wildman–Crippen LogP) is 6.11.